The van der Waals surface area contributed by atoms with Gasteiger partial charge in [0.15, 0.2) is 0 Å². The molecular weight excluding hydrogens is 356 g/mol. The maximum Gasteiger partial charge on any atom is 0.118 e. The van der Waals surface area contributed by atoms with Gasteiger partial charge in [0.05, 0.1) is 7.11 Å². The van der Waals surface area contributed by atoms with E-state index in [2.05, 4.69) is 104 Å². The van der Waals surface area contributed by atoms with Crippen molar-refractivity contribution < 1.29 is 4.74 Å². The van der Waals surface area contributed by atoms with Crippen molar-refractivity contribution in [3.05, 3.63) is 95.1 Å². The standard InChI is InChI=1S/C26H32N2O/c1-20-5-9-22(10-6-20)26(23-11-15-25(29-4)16-12-23)17-18-27-19-21-7-13-24(14-8-21)28(2)3/h5-16,26-27H,17-19H2,1-4H3. The molecule has 0 bridgehead atoms. The van der Waals surface area contributed by atoms with Gasteiger partial charge in [-0.2, -0.15) is 0 Å². The maximum atomic E-state index is 5.33. The van der Waals surface area contributed by atoms with Crippen molar-refractivity contribution in [2.75, 3.05) is 32.6 Å². The van der Waals surface area contributed by atoms with Gasteiger partial charge in [-0.25, -0.2) is 0 Å². The van der Waals surface area contributed by atoms with Crippen LogP contribution in [0.5, 0.6) is 5.75 Å². The van der Waals surface area contributed by atoms with Crippen molar-refractivity contribution in [3.63, 3.8) is 0 Å². The van der Waals surface area contributed by atoms with Crippen LogP contribution < -0.4 is 15.0 Å². The van der Waals surface area contributed by atoms with Crippen molar-refractivity contribution in [2.45, 2.75) is 25.8 Å². The lowest BCUT2D eigenvalue weighted by Gasteiger charge is -2.19. The summed E-state index contributed by atoms with van der Waals surface area (Å²) in [5.74, 6) is 1.26. The van der Waals surface area contributed by atoms with Crippen LogP contribution in [-0.2, 0) is 6.54 Å². The second-order valence-corrected chi connectivity index (χ2v) is 7.76. The van der Waals surface area contributed by atoms with Crippen molar-refractivity contribution in [1.82, 2.24) is 5.32 Å². The Morgan fingerprint density at radius 2 is 1.41 bits per heavy atom. The minimum atomic E-state index is 0.366. The number of anilines is 1. The summed E-state index contributed by atoms with van der Waals surface area (Å²) in [6, 6.07) is 26.1. The van der Waals surface area contributed by atoms with Crippen LogP contribution >= 0.6 is 0 Å². The zero-order valence-corrected chi connectivity index (χ0v) is 18.0. The SMILES string of the molecule is COc1ccc(C(CCNCc2ccc(N(C)C)cc2)c2ccc(C)cc2)cc1. The molecule has 3 heteroatoms. The van der Waals surface area contributed by atoms with Gasteiger partial charge < -0.3 is 15.0 Å². The molecule has 0 saturated carbocycles. The van der Waals surface area contributed by atoms with E-state index in [4.69, 9.17) is 4.74 Å². The summed E-state index contributed by atoms with van der Waals surface area (Å²) in [6.07, 6.45) is 1.05. The Bertz CT molecular complexity index is 868. The van der Waals surface area contributed by atoms with Crippen LogP contribution in [0, 0.1) is 6.92 Å². The summed E-state index contributed by atoms with van der Waals surface area (Å²) >= 11 is 0. The fraction of sp³-hybridized carbons (Fsp3) is 0.308. The quantitative estimate of drug-likeness (QED) is 0.498. The highest BCUT2D eigenvalue weighted by atomic mass is 16.5. The molecule has 0 fully saturated rings. The van der Waals surface area contributed by atoms with E-state index in [-0.39, 0.29) is 0 Å². The van der Waals surface area contributed by atoms with Crippen LogP contribution in [0.3, 0.4) is 0 Å². The molecule has 0 radical (unpaired) electrons. The molecule has 0 aliphatic rings. The smallest absolute Gasteiger partial charge is 0.118 e. The van der Waals surface area contributed by atoms with E-state index < -0.39 is 0 Å². The Kier molecular flexibility index (Phi) is 7.31. The number of rotatable bonds is 9. The van der Waals surface area contributed by atoms with Crippen LogP contribution in [0.4, 0.5) is 5.69 Å². The Balaban J connectivity index is 1.64. The van der Waals surface area contributed by atoms with Gasteiger partial charge in [0.2, 0.25) is 0 Å². The van der Waals surface area contributed by atoms with Gasteiger partial charge in [-0.3, -0.25) is 0 Å². The number of nitrogens with one attached hydrogen (secondary N) is 1. The maximum absolute atomic E-state index is 5.33. The molecule has 0 spiro atoms. The molecule has 3 rings (SSSR count). The molecule has 1 unspecified atom stereocenters. The summed E-state index contributed by atoms with van der Waals surface area (Å²) in [5.41, 5.74) is 6.52. The first-order valence-electron chi connectivity index (χ1n) is 10.2. The van der Waals surface area contributed by atoms with Gasteiger partial charge in [-0.05, 0) is 60.8 Å². The zero-order chi connectivity index (χ0) is 20.6. The fourth-order valence-corrected chi connectivity index (χ4v) is 3.55. The first kappa shape index (κ1) is 20.9. The summed E-state index contributed by atoms with van der Waals surface area (Å²) in [5, 5.41) is 3.62. The topological polar surface area (TPSA) is 24.5 Å². The van der Waals surface area contributed by atoms with Gasteiger partial charge in [-0.15, -0.1) is 0 Å². The second-order valence-electron chi connectivity index (χ2n) is 7.76. The fourth-order valence-electron chi connectivity index (χ4n) is 3.55. The molecule has 0 aliphatic carbocycles. The molecule has 3 nitrogen and oxygen atoms in total. The van der Waals surface area contributed by atoms with Gasteiger partial charge in [0, 0.05) is 32.2 Å². The van der Waals surface area contributed by atoms with Crippen LogP contribution in [0.15, 0.2) is 72.8 Å². The van der Waals surface area contributed by atoms with Crippen LogP contribution in [0.25, 0.3) is 0 Å². The number of ether oxygens (including phenoxy) is 1. The largest absolute Gasteiger partial charge is 0.497 e. The minimum Gasteiger partial charge on any atom is -0.497 e. The normalized spacial score (nSPS) is 11.9. The number of hydrogen-bond donors (Lipinski definition) is 1. The molecule has 0 aliphatic heterocycles. The van der Waals surface area contributed by atoms with E-state index in [0.717, 1.165) is 25.3 Å². The van der Waals surface area contributed by atoms with Crippen molar-refractivity contribution in [1.29, 1.82) is 0 Å². The number of nitrogens with zero attached hydrogens (tertiary/aromatic N) is 1. The highest BCUT2D eigenvalue weighted by Crippen LogP contribution is 2.29. The zero-order valence-electron chi connectivity index (χ0n) is 18.0. The Morgan fingerprint density at radius 1 is 0.828 bits per heavy atom. The molecule has 3 aromatic rings. The molecule has 0 saturated heterocycles. The lowest BCUT2D eigenvalue weighted by molar-refractivity contribution is 0.414. The highest BCUT2D eigenvalue weighted by molar-refractivity contribution is 5.46. The molecule has 152 valence electrons. The monoisotopic (exact) mass is 388 g/mol. The third-order valence-corrected chi connectivity index (χ3v) is 5.39. The summed E-state index contributed by atoms with van der Waals surface area (Å²) in [4.78, 5) is 2.12. The van der Waals surface area contributed by atoms with Crippen LogP contribution in [-0.4, -0.2) is 27.7 Å². The third-order valence-electron chi connectivity index (χ3n) is 5.39. The van der Waals surface area contributed by atoms with E-state index in [0.29, 0.717) is 5.92 Å². The number of hydrogen-bond acceptors (Lipinski definition) is 3. The number of aryl methyl sites for hydroxylation is 1. The van der Waals surface area contributed by atoms with Crippen LogP contribution in [0.2, 0.25) is 0 Å². The molecule has 0 heterocycles. The minimum absolute atomic E-state index is 0.366. The lowest BCUT2D eigenvalue weighted by atomic mass is 9.88. The van der Waals surface area contributed by atoms with E-state index in [1.165, 1.54) is 27.9 Å². The molecule has 0 aromatic heterocycles. The van der Waals surface area contributed by atoms with Gasteiger partial charge in [0.1, 0.15) is 5.75 Å². The van der Waals surface area contributed by atoms with Crippen LogP contribution in [0.1, 0.15) is 34.6 Å². The molecule has 3 aromatic carbocycles. The van der Waals surface area contributed by atoms with E-state index in [1.54, 1.807) is 7.11 Å². The Labute approximate surface area is 175 Å². The third kappa shape index (κ3) is 5.85. The van der Waals surface area contributed by atoms with E-state index >= 15 is 0 Å². The second kappa shape index (κ2) is 10.1. The first-order valence-corrected chi connectivity index (χ1v) is 10.2. The molecule has 1 N–H and O–H groups in total. The highest BCUT2D eigenvalue weighted by Gasteiger charge is 2.14. The van der Waals surface area contributed by atoms with Crippen molar-refractivity contribution in [3.8, 4) is 5.75 Å². The Hall–Kier alpha value is -2.78. The Morgan fingerprint density at radius 3 is 1.97 bits per heavy atom. The first-order chi connectivity index (χ1) is 14.1. The molecule has 29 heavy (non-hydrogen) atoms. The predicted molar refractivity (Wildman–Crippen MR) is 123 cm³/mol. The molecule has 0 amide bonds. The summed E-state index contributed by atoms with van der Waals surface area (Å²) in [7, 11) is 5.84. The van der Waals surface area contributed by atoms with Gasteiger partial charge in [0.25, 0.3) is 0 Å². The van der Waals surface area contributed by atoms with E-state index in [1.807, 2.05) is 0 Å². The average Bonchev–Trinajstić information content (AvgIpc) is 2.75. The van der Waals surface area contributed by atoms with Crippen molar-refractivity contribution in [2.24, 2.45) is 0 Å². The predicted octanol–water partition coefficient (Wildman–Crippen LogP) is 5.38. The van der Waals surface area contributed by atoms with E-state index in [9.17, 15) is 0 Å². The number of benzene rings is 3. The molecular formula is C26H32N2O. The number of methoxy groups -OCH3 is 1. The van der Waals surface area contributed by atoms with Gasteiger partial charge >= 0.3 is 0 Å². The lowest BCUT2D eigenvalue weighted by Crippen LogP contribution is -2.18. The summed E-state index contributed by atoms with van der Waals surface area (Å²) in [6.45, 7) is 3.98. The molecule has 1 atom stereocenters. The van der Waals surface area contributed by atoms with Crippen molar-refractivity contribution >= 4 is 5.69 Å². The average molecular weight is 389 g/mol. The summed E-state index contributed by atoms with van der Waals surface area (Å²) < 4.78 is 5.33. The van der Waals surface area contributed by atoms with Gasteiger partial charge in [-0.1, -0.05) is 54.1 Å².